The van der Waals surface area contributed by atoms with Crippen LogP contribution in [-0.4, -0.2) is 42.1 Å². The summed E-state index contributed by atoms with van der Waals surface area (Å²) in [6.45, 7) is 6.86. The fourth-order valence-electron chi connectivity index (χ4n) is 4.84. The highest BCUT2D eigenvalue weighted by atomic mass is 15.1. The highest BCUT2D eigenvalue weighted by molar-refractivity contribution is 5.88. The second-order valence-corrected chi connectivity index (χ2v) is 7.90. The third kappa shape index (κ3) is 2.70. The fourth-order valence-corrected chi connectivity index (χ4v) is 4.84. The van der Waals surface area contributed by atoms with Gasteiger partial charge in [-0.05, 0) is 56.0 Å². The standard InChI is InChI=1S/C20H29N3/c1-13(2)21-8-7-14-9-17-16-5-4-6-18-20(16)15(11-22-18)10-19(17)23(3)12-14/h4-6,11,13-14,17,19,21-22H,7-10,12H2,1-3H3/t14-,17?,19-/m1/s1. The number of H-pyrrole nitrogens is 1. The van der Waals surface area contributed by atoms with Gasteiger partial charge in [0.1, 0.15) is 0 Å². The Morgan fingerprint density at radius 2 is 2.22 bits per heavy atom. The van der Waals surface area contributed by atoms with Crippen LogP contribution in [0.25, 0.3) is 10.9 Å². The van der Waals surface area contributed by atoms with Gasteiger partial charge in [0.2, 0.25) is 0 Å². The van der Waals surface area contributed by atoms with Gasteiger partial charge in [-0.1, -0.05) is 26.0 Å². The summed E-state index contributed by atoms with van der Waals surface area (Å²) in [7, 11) is 2.33. The van der Waals surface area contributed by atoms with Gasteiger partial charge >= 0.3 is 0 Å². The van der Waals surface area contributed by atoms with Crippen LogP contribution in [0, 0.1) is 5.92 Å². The van der Waals surface area contributed by atoms with E-state index in [2.05, 4.69) is 60.5 Å². The maximum absolute atomic E-state index is 3.59. The van der Waals surface area contributed by atoms with Crippen LogP contribution in [0.15, 0.2) is 24.4 Å². The van der Waals surface area contributed by atoms with Gasteiger partial charge in [0.05, 0.1) is 0 Å². The van der Waals surface area contributed by atoms with E-state index in [1.807, 2.05) is 0 Å². The summed E-state index contributed by atoms with van der Waals surface area (Å²) in [4.78, 5) is 6.10. The van der Waals surface area contributed by atoms with Crippen molar-refractivity contribution >= 4 is 10.9 Å². The summed E-state index contributed by atoms with van der Waals surface area (Å²) in [5.74, 6) is 1.51. The zero-order valence-corrected chi connectivity index (χ0v) is 14.6. The number of piperidine rings is 1. The van der Waals surface area contributed by atoms with Gasteiger partial charge in [0, 0.05) is 41.6 Å². The van der Waals surface area contributed by atoms with Crippen molar-refractivity contribution < 1.29 is 0 Å². The number of nitrogens with zero attached hydrogens (tertiary/aromatic N) is 1. The maximum atomic E-state index is 3.59. The van der Waals surface area contributed by atoms with Gasteiger partial charge in [-0.15, -0.1) is 0 Å². The van der Waals surface area contributed by atoms with Gasteiger partial charge in [-0.25, -0.2) is 0 Å². The van der Waals surface area contributed by atoms with E-state index in [9.17, 15) is 0 Å². The Balaban J connectivity index is 1.58. The van der Waals surface area contributed by atoms with Gasteiger partial charge in [0.25, 0.3) is 0 Å². The van der Waals surface area contributed by atoms with Crippen molar-refractivity contribution in [3.63, 3.8) is 0 Å². The fraction of sp³-hybridized carbons (Fsp3) is 0.600. The molecule has 2 aromatic rings. The Kier molecular flexibility index (Phi) is 3.94. The predicted octanol–water partition coefficient (Wildman–Crippen LogP) is 3.52. The second-order valence-electron chi connectivity index (χ2n) is 7.90. The molecular weight excluding hydrogens is 282 g/mol. The lowest BCUT2D eigenvalue weighted by Crippen LogP contribution is -2.48. The number of aromatic amines is 1. The molecule has 0 bridgehead atoms. The van der Waals surface area contributed by atoms with Crippen LogP contribution in [-0.2, 0) is 6.42 Å². The van der Waals surface area contributed by atoms with Crippen LogP contribution in [0.2, 0.25) is 0 Å². The van der Waals surface area contributed by atoms with Crippen molar-refractivity contribution in [2.24, 2.45) is 5.92 Å². The summed E-state index contributed by atoms with van der Waals surface area (Å²) in [5.41, 5.74) is 4.43. The Labute approximate surface area is 139 Å². The van der Waals surface area contributed by atoms with E-state index in [0.29, 0.717) is 18.0 Å². The van der Waals surface area contributed by atoms with E-state index in [0.717, 1.165) is 12.5 Å². The molecule has 124 valence electrons. The molecule has 3 atom stereocenters. The lowest BCUT2D eigenvalue weighted by Gasteiger charge is -2.45. The number of fused-ring (bicyclic) bond motifs is 2. The molecule has 4 rings (SSSR count). The van der Waals surface area contributed by atoms with Crippen molar-refractivity contribution in [3.8, 4) is 0 Å². The molecule has 1 aliphatic heterocycles. The Hall–Kier alpha value is -1.32. The zero-order valence-electron chi connectivity index (χ0n) is 14.6. The van der Waals surface area contributed by atoms with Crippen LogP contribution < -0.4 is 5.32 Å². The molecular formula is C20H29N3. The van der Waals surface area contributed by atoms with Crippen molar-refractivity contribution in [3.05, 3.63) is 35.5 Å². The molecule has 23 heavy (non-hydrogen) atoms. The molecule has 0 radical (unpaired) electrons. The van der Waals surface area contributed by atoms with Gasteiger partial charge in [-0.2, -0.15) is 0 Å². The SMILES string of the molecule is CC(C)NCC[C@@H]1CC2c3cccc4[nH]cc(c34)C[C@H]2N(C)C1. The van der Waals surface area contributed by atoms with E-state index in [1.165, 1.54) is 42.3 Å². The average Bonchev–Trinajstić information content (AvgIpc) is 2.93. The third-order valence-corrected chi connectivity index (χ3v) is 5.92. The molecule has 1 aromatic heterocycles. The molecule has 0 spiro atoms. The zero-order chi connectivity index (χ0) is 16.0. The lowest BCUT2D eigenvalue weighted by atomic mass is 9.72. The first-order valence-corrected chi connectivity index (χ1v) is 9.16. The number of nitrogens with one attached hydrogen (secondary N) is 2. The highest BCUT2D eigenvalue weighted by Crippen LogP contribution is 2.44. The number of hydrogen-bond acceptors (Lipinski definition) is 2. The summed E-state index contributed by atoms with van der Waals surface area (Å²) < 4.78 is 0. The smallest absolute Gasteiger partial charge is 0.0459 e. The number of likely N-dealkylation sites (N-methyl/N-ethyl adjacent to an activating group) is 1. The van der Waals surface area contributed by atoms with Gasteiger partial charge in [-0.3, -0.25) is 0 Å². The number of rotatable bonds is 4. The molecule has 3 nitrogen and oxygen atoms in total. The van der Waals surface area contributed by atoms with Crippen molar-refractivity contribution in [1.29, 1.82) is 0 Å². The van der Waals surface area contributed by atoms with Gasteiger partial charge < -0.3 is 15.2 Å². The van der Waals surface area contributed by atoms with E-state index < -0.39 is 0 Å². The van der Waals surface area contributed by atoms with E-state index >= 15 is 0 Å². The van der Waals surface area contributed by atoms with E-state index in [4.69, 9.17) is 0 Å². The Morgan fingerprint density at radius 3 is 3.04 bits per heavy atom. The summed E-state index contributed by atoms with van der Waals surface area (Å²) in [5, 5.41) is 5.10. The molecule has 0 amide bonds. The first-order valence-electron chi connectivity index (χ1n) is 9.16. The molecule has 0 saturated carbocycles. The predicted molar refractivity (Wildman–Crippen MR) is 97.0 cm³/mol. The van der Waals surface area contributed by atoms with Crippen LogP contribution in [0.3, 0.4) is 0 Å². The monoisotopic (exact) mass is 311 g/mol. The molecule has 1 saturated heterocycles. The highest BCUT2D eigenvalue weighted by Gasteiger charge is 2.39. The van der Waals surface area contributed by atoms with Crippen molar-refractivity contribution in [1.82, 2.24) is 15.2 Å². The normalized spacial score (nSPS) is 27.6. The largest absolute Gasteiger partial charge is 0.361 e. The third-order valence-electron chi connectivity index (χ3n) is 5.92. The van der Waals surface area contributed by atoms with Crippen LogP contribution >= 0.6 is 0 Å². The minimum atomic E-state index is 0.593. The minimum absolute atomic E-state index is 0.593. The van der Waals surface area contributed by atoms with Gasteiger partial charge in [0.15, 0.2) is 0 Å². The molecule has 2 aliphatic rings. The summed E-state index contributed by atoms with van der Waals surface area (Å²) in [6, 6.07) is 8.09. The molecule has 1 fully saturated rings. The topological polar surface area (TPSA) is 31.1 Å². The lowest BCUT2D eigenvalue weighted by molar-refractivity contribution is 0.107. The Morgan fingerprint density at radius 1 is 1.35 bits per heavy atom. The molecule has 3 heteroatoms. The second kappa shape index (κ2) is 5.95. The number of benzene rings is 1. The van der Waals surface area contributed by atoms with Crippen LogP contribution in [0.5, 0.6) is 0 Å². The molecule has 2 heterocycles. The maximum Gasteiger partial charge on any atom is 0.0459 e. The first-order chi connectivity index (χ1) is 11.1. The number of hydrogen-bond donors (Lipinski definition) is 2. The first kappa shape index (κ1) is 15.2. The molecule has 1 aromatic carbocycles. The van der Waals surface area contributed by atoms with Crippen molar-refractivity contribution in [2.75, 3.05) is 20.1 Å². The minimum Gasteiger partial charge on any atom is -0.361 e. The van der Waals surface area contributed by atoms with Crippen LogP contribution in [0.4, 0.5) is 0 Å². The number of likely N-dealkylation sites (tertiary alicyclic amines) is 1. The number of aromatic nitrogens is 1. The Bertz CT molecular complexity index is 687. The van der Waals surface area contributed by atoms with E-state index in [1.54, 1.807) is 5.56 Å². The summed E-state index contributed by atoms with van der Waals surface area (Å²) >= 11 is 0. The summed E-state index contributed by atoms with van der Waals surface area (Å²) in [6.07, 6.45) is 6.08. The van der Waals surface area contributed by atoms with Crippen LogP contribution in [0.1, 0.15) is 43.7 Å². The van der Waals surface area contributed by atoms with Crippen molar-refractivity contribution in [2.45, 2.75) is 51.1 Å². The molecule has 1 aliphatic carbocycles. The van der Waals surface area contributed by atoms with E-state index in [-0.39, 0.29) is 0 Å². The quantitative estimate of drug-likeness (QED) is 0.905. The molecule has 2 N–H and O–H groups in total. The molecule has 1 unspecified atom stereocenters. The average molecular weight is 311 g/mol.